The van der Waals surface area contributed by atoms with Crippen molar-refractivity contribution in [1.29, 1.82) is 0 Å². The molecule has 0 aliphatic carbocycles. The molecule has 0 radical (unpaired) electrons. The summed E-state index contributed by atoms with van der Waals surface area (Å²) >= 11 is 0. The zero-order valence-corrected chi connectivity index (χ0v) is 18.3. The lowest BCUT2D eigenvalue weighted by molar-refractivity contribution is -0.128. The Labute approximate surface area is 188 Å². The van der Waals surface area contributed by atoms with Gasteiger partial charge in [0, 0.05) is 18.3 Å². The van der Waals surface area contributed by atoms with Gasteiger partial charge in [0.2, 0.25) is 5.91 Å². The van der Waals surface area contributed by atoms with Crippen LogP contribution in [-0.4, -0.2) is 35.5 Å². The summed E-state index contributed by atoms with van der Waals surface area (Å²) in [5.74, 6) is 0.397. The van der Waals surface area contributed by atoms with Gasteiger partial charge in [0.05, 0.1) is 25.4 Å². The van der Waals surface area contributed by atoms with Crippen molar-refractivity contribution in [3.63, 3.8) is 0 Å². The second-order valence-electron chi connectivity index (χ2n) is 8.06. The number of benzene rings is 2. The highest BCUT2D eigenvalue weighted by Gasteiger charge is 2.28. The maximum absolute atomic E-state index is 13.7. The SMILES string of the molecule is COc1ccc(F)cc1-c1ccc(CN2CCCCC2C(=O)NCc2ccccn2)cc1. The molecule has 2 aromatic carbocycles. The van der Waals surface area contributed by atoms with Crippen LogP contribution >= 0.6 is 0 Å². The Balaban J connectivity index is 1.43. The third-order valence-electron chi connectivity index (χ3n) is 5.90. The number of amides is 1. The molecule has 166 valence electrons. The lowest BCUT2D eigenvalue weighted by Crippen LogP contribution is -2.48. The molecule has 32 heavy (non-hydrogen) atoms. The summed E-state index contributed by atoms with van der Waals surface area (Å²) in [6, 6.07) is 18.1. The molecule has 2 heterocycles. The molecule has 1 atom stereocenters. The number of hydrogen-bond donors (Lipinski definition) is 1. The number of pyridine rings is 1. The molecule has 1 aliphatic heterocycles. The monoisotopic (exact) mass is 433 g/mol. The zero-order chi connectivity index (χ0) is 22.3. The average Bonchev–Trinajstić information content (AvgIpc) is 2.84. The average molecular weight is 434 g/mol. The first-order valence-electron chi connectivity index (χ1n) is 11.0. The molecule has 1 fully saturated rings. The molecule has 1 saturated heterocycles. The van der Waals surface area contributed by atoms with Gasteiger partial charge in [-0.15, -0.1) is 0 Å². The van der Waals surface area contributed by atoms with E-state index in [1.54, 1.807) is 19.4 Å². The van der Waals surface area contributed by atoms with E-state index in [1.807, 2.05) is 42.5 Å². The fraction of sp³-hybridized carbons (Fsp3) is 0.308. The van der Waals surface area contributed by atoms with E-state index >= 15 is 0 Å². The van der Waals surface area contributed by atoms with Crippen molar-refractivity contribution < 1.29 is 13.9 Å². The topological polar surface area (TPSA) is 54.5 Å². The van der Waals surface area contributed by atoms with Gasteiger partial charge in [-0.3, -0.25) is 14.7 Å². The number of piperidine rings is 1. The molecule has 1 aromatic heterocycles. The number of halogens is 1. The smallest absolute Gasteiger partial charge is 0.237 e. The number of carbonyl (C=O) groups is 1. The minimum Gasteiger partial charge on any atom is -0.496 e. The molecule has 3 aromatic rings. The van der Waals surface area contributed by atoms with Gasteiger partial charge in [0.15, 0.2) is 0 Å². The lowest BCUT2D eigenvalue weighted by Gasteiger charge is -2.34. The highest BCUT2D eigenvalue weighted by atomic mass is 19.1. The van der Waals surface area contributed by atoms with Gasteiger partial charge in [-0.2, -0.15) is 0 Å². The summed E-state index contributed by atoms with van der Waals surface area (Å²) in [6.07, 6.45) is 4.73. The number of nitrogens with zero attached hydrogens (tertiary/aromatic N) is 2. The molecular weight excluding hydrogens is 405 g/mol. The number of ether oxygens (including phenoxy) is 1. The van der Waals surface area contributed by atoms with Crippen LogP contribution in [-0.2, 0) is 17.9 Å². The summed E-state index contributed by atoms with van der Waals surface area (Å²) in [4.78, 5) is 19.4. The van der Waals surface area contributed by atoms with Crippen LogP contribution in [0.15, 0.2) is 66.9 Å². The molecule has 5 nitrogen and oxygen atoms in total. The Hall–Kier alpha value is -3.25. The van der Waals surface area contributed by atoms with E-state index in [4.69, 9.17) is 4.74 Å². The van der Waals surface area contributed by atoms with Crippen molar-refractivity contribution in [3.8, 4) is 16.9 Å². The Kier molecular flexibility index (Phi) is 7.12. The molecule has 0 bridgehead atoms. The van der Waals surface area contributed by atoms with Gasteiger partial charge >= 0.3 is 0 Å². The summed E-state index contributed by atoms with van der Waals surface area (Å²) in [7, 11) is 1.58. The maximum Gasteiger partial charge on any atom is 0.237 e. The van der Waals surface area contributed by atoms with Crippen LogP contribution in [0.3, 0.4) is 0 Å². The minimum atomic E-state index is -0.294. The Morgan fingerprint density at radius 1 is 1.16 bits per heavy atom. The Morgan fingerprint density at radius 3 is 2.75 bits per heavy atom. The molecule has 6 heteroatoms. The van der Waals surface area contributed by atoms with Gasteiger partial charge in [-0.05, 0) is 60.8 Å². The van der Waals surface area contributed by atoms with Crippen LogP contribution in [0.25, 0.3) is 11.1 Å². The van der Waals surface area contributed by atoms with E-state index in [0.717, 1.165) is 48.2 Å². The van der Waals surface area contributed by atoms with Gasteiger partial charge in [-0.1, -0.05) is 36.8 Å². The predicted octanol–water partition coefficient (Wildman–Crippen LogP) is 4.57. The van der Waals surface area contributed by atoms with E-state index < -0.39 is 0 Å². The number of carbonyl (C=O) groups excluding carboxylic acids is 1. The van der Waals surface area contributed by atoms with Crippen molar-refractivity contribution in [2.24, 2.45) is 0 Å². The van der Waals surface area contributed by atoms with Crippen LogP contribution in [0.5, 0.6) is 5.75 Å². The molecule has 0 spiro atoms. The fourth-order valence-electron chi connectivity index (χ4n) is 4.21. The molecule has 1 aliphatic rings. The van der Waals surface area contributed by atoms with Crippen LogP contribution in [0.1, 0.15) is 30.5 Å². The molecule has 4 rings (SSSR count). The second-order valence-corrected chi connectivity index (χ2v) is 8.06. The summed E-state index contributed by atoms with van der Waals surface area (Å²) < 4.78 is 19.1. The largest absolute Gasteiger partial charge is 0.496 e. The third kappa shape index (κ3) is 5.32. The maximum atomic E-state index is 13.7. The number of nitrogens with one attached hydrogen (secondary N) is 1. The van der Waals surface area contributed by atoms with Crippen molar-refractivity contribution in [3.05, 3.63) is 83.9 Å². The van der Waals surface area contributed by atoms with E-state index in [1.165, 1.54) is 12.1 Å². The normalized spacial score (nSPS) is 16.5. The van der Waals surface area contributed by atoms with Crippen molar-refractivity contribution >= 4 is 5.91 Å². The predicted molar refractivity (Wildman–Crippen MR) is 123 cm³/mol. The first kappa shape index (κ1) is 22.0. The first-order chi connectivity index (χ1) is 15.6. The van der Waals surface area contributed by atoms with Crippen molar-refractivity contribution in [1.82, 2.24) is 15.2 Å². The van der Waals surface area contributed by atoms with Crippen LogP contribution in [0.2, 0.25) is 0 Å². The van der Waals surface area contributed by atoms with E-state index in [-0.39, 0.29) is 17.8 Å². The van der Waals surface area contributed by atoms with E-state index in [2.05, 4.69) is 15.2 Å². The zero-order valence-electron chi connectivity index (χ0n) is 18.3. The Bertz CT molecular complexity index is 1040. The quantitative estimate of drug-likeness (QED) is 0.593. The summed E-state index contributed by atoms with van der Waals surface area (Å²) in [5, 5.41) is 3.04. The van der Waals surface area contributed by atoms with Gasteiger partial charge < -0.3 is 10.1 Å². The second kappa shape index (κ2) is 10.4. The molecular formula is C26H28FN3O2. The molecule has 1 unspecified atom stereocenters. The lowest BCUT2D eigenvalue weighted by atomic mass is 9.99. The molecule has 1 amide bonds. The van der Waals surface area contributed by atoms with Crippen LogP contribution < -0.4 is 10.1 Å². The summed E-state index contributed by atoms with van der Waals surface area (Å²) in [5.41, 5.74) is 3.59. The van der Waals surface area contributed by atoms with Gasteiger partial charge in [0.1, 0.15) is 11.6 Å². The fourth-order valence-corrected chi connectivity index (χ4v) is 4.21. The van der Waals surface area contributed by atoms with Crippen LogP contribution in [0, 0.1) is 5.82 Å². The highest BCUT2D eigenvalue weighted by Crippen LogP contribution is 2.31. The van der Waals surface area contributed by atoms with Gasteiger partial charge in [-0.25, -0.2) is 4.39 Å². The minimum absolute atomic E-state index is 0.0523. The standard InChI is InChI=1S/C26H28FN3O2/c1-32-25-13-12-21(27)16-23(25)20-10-8-19(9-11-20)18-30-15-5-3-7-24(30)26(31)29-17-22-6-2-4-14-28-22/h2,4,6,8-14,16,24H,3,5,7,15,17-18H2,1H3,(H,29,31). The number of rotatable bonds is 7. The van der Waals surface area contributed by atoms with E-state index in [0.29, 0.717) is 18.8 Å². The number of likely N-dealkylation sites (tertiary alicyclic amines) is 1. The van der Waals surface area contributed by atoms with Crippen molar-refractivity contribution in [2.45, 2.75) is 38.4 Å². The number of methoxy groups -OCH3 is 1. The third-order valence-corrected chi connectivity index (χ3v) is 5.90. The number of aromatic nitrogens is 1. The molecule has 1 N–H and O–H groups in total. The van der Waals surface area contributed by atoms with Gasteiger partial charge in [0.25, 0.3) is 0 Å². The van der Waals surface area contributed by atoms with E-state index in [9.17, 15) is 9.18 Å². The summed E-state index contributed by atoms with van der Waals surface area (Å²) in [6.45, 7) is 2.03. The molecule has 0 saturated carbocycles. The number of hydrogen-bond acceptors (Lipinski definition) is 4. The van der Waals surface area contributed by atoms with Crippen LogP contribution in [0.4, 0.5) is 4.39 Å². The Morgan fingerprint density at radius 2 is 2.00 bits per heavy atom. The first-order valence-corrected chi connectivity index (χ1v) is 11.0. The highest BCUT2D eigenvalue weighted by molar-refractivity contribution is 5.81. The van der Waals surface area contributed by atoms with Crippen molar-refractivity contribution in [2.75, 3.05) is 13.7 Å².